The minimum atomic E-state index is -1.01. The second kappa shape index (κ2) is 11.5. The van der Waals surface area contributed by atoms with Gasteiger partial charge in [0.2, 0.25) is 0 Å². The number of rotatable bonds is 6. The van der Waals surface area contributed by atoms with Gasteiger partial charge in [0.25, 0.3) is 5.56 Å². The molecule has 1 fully saturated rings. The normalized spacial score (nSPS) is 14.5. The Labute approximate surface area is 251 Å². The van der Waals surface area contributed by atoms with Gasteiger partial charge in [0.15, 0.2) is 0 Å². The molecule has 1 aromatic heterocycles. The van der Waals surface area contributed by atoms with Crippen molar-refractivity contribution in [3.05, 3.63) is 98.0 Å². The number of halogens is 2. The number of nitrogens with one attached hydrogen (secondary N) is 1. The van der Waals surface area contributed by atoms with Crippen LogP contribution in [-0.4, -0.2) is 71.2 Å². The van der Waals surface area contributed by atoms with Crippen LogP contribution in [0.4, 0.5) is 9.59 Å². The largest absolute Gasteiger partial charge is 0.465 e. The molecular formula is C30H27Cl2N5O5. The Kier molecular flexibility index (Phi) is 7.66. The minimum Gasteiger partial charge on any atom is -0.465 e. The van der Waals surface area contributed by atoms with Crippen molar-refractivity contribution >= 4 is 46.3 Å². The van der Waals surface area contributed by atoms with E-state index in [1.54, 1.807) is 17.1 Å². The van der Waals surface area contributed by atoms with Gasteiger partial charge in [-0.25, -0.2) is 19.2 Å². The van der Waals surface area contributed by atoms with Gasteiger partial charge in [-0.3, -0.25) is 4.79 Å². The van der Waals surface area contributed by atoms with Gasteiger partial charge < -0.3 is 25.1 Å². The van der Waals surface area contributed by atoms with Crippen molar-refractivity contribution in [1.29, 1.82) is 0 Å². The maximum atomic E-state index is 13.7. The lowest BCUT2D eigenvalue weighted by atomic mass is 9.98. The zero-order valence-corrected chi connectivity index (χ0v) is 23.9. The first-order valence-corrected chi connectivity index (χ1v) is 14.3. The Balaban J connectivity index is 1.18. The first kappa shape index (κ1) is 27.9. The molecule has 0 saturated carbocycles. The van der Waals surface area contributed by atoms with E-state index in [-0.39, 0.29) is 72.6 Å². The monoisotopic (exact) mass is 607 g/mol. The highest BCUT2D eigenvalue weighted by molar-refractivity contribution is 6.39. The minimum absolute atomic E-state index is 0.0631. The van der Waals surface area contributed by atoms with E-state index in [4.69, 9.17) is 27.9 Å². The molecule has 1 aliphatic carbocycles. The van der Waals surface area contributed by atoms with Gasteiger partial charge in [-0.15, -0.1) is 0 Å². The van der Waals surface area contributed by atoms with Crippen LogP contribution < -0.4 is 15.9 Å². The van der Waals surface area contributed by atoms with Crippen LogP contribution in [0.15, 0.2) is 65.5 Å². The number of carbonyl (C=O) groups is 2. The van der Waals surface area contributed by atoms with Gasteiger partial charge in [-0.2, -0.15) is 0 Å². The van der Waals surface area contributed by atoms with Crippen molar-refractivity contribution < 1.29 is 19.4 Å². The highest BCUT2D eigenvalue weighted by Crippen LogP contribution is 2.44. The number of hydrogen-bond donors (Lipinski definition) is 2. The van der Waals surface area contributed by atoms with E-state index in [0.29, 0.717) is 5.82 Å². The third-order valence-electron chi connectivity index (χ3n) is 7.74. The summed E-state index contributed by atoms with van der Waals surface area (Å²) in [6.45, 7) is 1.33. The average Bonchev–Trinajstić information content (AvgIpc) is 3.31. The maximum Gasteiger partial charge on any atom is 0.407 e. The Morgan fingerprint density at radius 1 is 0.929 bits per heavy atom. The van der Waals surface area contributed by atoms with Gasteiger partial charge in [-0.05, 0) is 34.4 Å². The van der Waals surface area contributed by atoms with E-state index in [0.717, 1.165) is 22.3 Å². The molecule has 0 bridgehead atoms. The lowest BCUT2D eigenvalue weighted by Crippen LogP contribution is -2.56. The highest BCUT2D eigenvalue weighted by atomic mass is 35.5. The lowest BCUT2D eigenvalue weighted by Gasteiger charge is -2.36. The molecule has 0 spiro atoms. The number of benzene rings is 3. The summed E-state index contributed by atoms with van der Waals surface area (Å²) in [7, 11) is 0. The number of nitrogens with zero attached hydrogens (tertiary/aromatic N) is 4. The van der Waals surface area contributed by atoms with E-state index in [1.165, 1.54) is 9.58 Å². The molecule has 2 amide bonds. The van der Waals surface area contributed by atoms with Crippen molar-refractivity contribution in [2.45, 2.75) is 12.3 Å². The predicted molar refractivity (Wildman–Crippen MR) is 160 cm³/mol. The quantitative estimate of drug-likeness (QED) is 0.326. The molecule has 6 rings (SSSR count). The summed E-state index contributed by atoms with van der Waals surface area (Å²) in [5, 5.41) is 14.5. The van der Waals surface area contributed by atoms with E-state index in [2.05, 4.69) is 34.6 Å². The molecule has 10 nitrogen and oxygen atoms in total. The second-order valence-electron chi connectivity index (χ2n) is 10.1. The number of carbonyl (C=O) groups excluding carboxylic acids is 1. The van der Waals surface area contributed by atoms with E-state index >= 15 is 0 Å². The number of piperazine rings is 1. The van der Waals surface area contributed by atoms with Crippen LogP contribution in [0.25, 0.3) is 22.0 Å². The van der Waals surface area contributed by atoms with Crippen molar-refractivity contribution in [3.63, 3.8) is 0 Å². The fourth-order valence-electron chi connectivity index (χ4n) is 5.72. The summed E-state index contributed by atoms with van der Waals surface area (Å²) < 4.78 is 7.06. The van der Waals surface area contributed by atoms with Crippen LogP contribution in [0.2, 0.25) is 10.0 Å². The molecule has 0 unspecified atom stereocenters. The summed E-state index contributed by atoms with van der Waals surface area (Å²) in [5.41, 5.74) is 4.39. The number of carboxylic acid groups (broad SMARTS) is 1. The average molecular weight is 608 g/mol. The maximum absolute atomic E-state index is 13.7. The molecule has 2 aliphatic rings. The smallest absolute Gasteiger partial charge is 0.407 e. The molecule has 3 aromatic carbocycles. The fraction of sp³-hybridized carbons (Fsp3) is 0.267. The molecule has 0 radical (unpaired) electrons. The Bertz CT molecular complexity index is 1710. The summed E-state index contributed by atoms with van der Waals surface area (Å²) in [6, 6.07) is 19.3. The molecule has 4 aromatic rings. The van der Waals surface area contributed by atoms with Gasteiger partial charge in [0.1, 0.15) is 12.4 Å². The third-order valence-corrected chi connectivity index (χ3v) is 8.36. The number of fused-ring (bicyclic) bond motifs is 4. The van der Waals surface area contributed by atoms with Gasteiger partial charge in [-0.1, -0.05) is 71.7 Å². The van der Waals surface area contributed by atoms with Crippen LogP contribution >= 0.6 is 23.2 Å². The predicted octanol–water partition coefficient (Wildman–Crippen LogP) is 4.72. The molecule has 2 N–H and O–H groups in total. The number of hydrogen-bond acceptors (Lipinski definition) is 6. The first-order chi connectivity index (χ1) is 20.3. The summed E-state index contributed by atoms with van der Waals surface area (Å²) in [6.07, 6.45) is -1.40. The Morgan fingerprint density at radius 3 is 2.19 bits per heavy atom. The fourth-order valence-corrected chi connectivity index (χ4v) is 6.15. The molecule has 1 saturated heterocycles. The molecule has 0 atom stereocenters. The third kappa shape index (κ3) is 5.12. The SMILES string of the molecule is O=C(NCCc1nc2c(Cl)ccc(Cl)c2c(=O)n1N1CCN(C(=O)O)CC1)OCC1c2ccccc2-c2ccccc21. The van der Waals surface area contributed by atoms with Crippen LogP contribution in [0.1, 0.15) is 22.9 Å². The molecular weight excluding hydrogens is 581 g/mol. The molecule has 2 heterocycles. The molecule has 1 aliphatic heterocycles. The zero-order valence-electron chi connectivity index (χ0n) is 22.4. The first-order valence-electron chi connectivity index (χ1n) is 13.5. The number of ether oxygens (including phenoxy) is 1. The van der Waals surface area contributed by atoms with Gasteiger partial charge in [0, 0.05) is 32.0 Å². The second-order valence-corrected chi connectivity index (χ2v) is 10.9. The molecule has 216 valence electrons. The van der Waals surface area contributed by atoms with Crippen LogP contribution in [0.5, 0.6) is 0 Å². The van der Waals surface area contributed by atoms with Crippen LogP contribution in [0.3, 0.4) is 0 Å². The van der Waals surface area contributed by atoms with Gasteiger partial charge in [0.05, 0.1) is 34.0 Å². The van der Waals surface area contributed by atoms with Crippen molar-refractivity contribution in [2.24, 2.45) is 0 Å². The van der Waals surface area contributed by atoms with E-state index < -0.39 is 17.7 Å². The highest BCUT2D eigenvalue weighted by Gasteiger charge is 2.29. The van der Waals surface area contributed by atoms with Crippen LogP contribution in [-0.2, 0) is 11.2 Å². The van der Waals surface area contributed by atoms with Crippen molar-refractivity contribution in [3.8, 4) is 11.1 Å². The topological polar surface area (TPSA) is 117 Å². The Morgan fingerprint density at radius 2 is 1.55 bits per heavy atom. The van der Waals surface area contributed by atoms with E-state index in [1.807, 2.05) is 24.3 Å². The lowest BCUT2D eigenvalue weighted by molar-refractivity contribution is 0.139. The zero-order chi connectivity index (χ0) is 29.4. The molecule has 42 heavy (non-hydrogen) atoms. The van der Waals surface area contributed by atoms with Crippen molar-refractivity contribution in [2.75, 3.05) is 44.3 Å². The number of amides is 2. The number of aromatic nitrogens is 2. The van der Waals surface area contributed by atoms with Crippen LogP contribution in [0, 0.1) is 0 Å². The summed E-state index contributed by atoms with van der Waals surface area (Å²) >= 11 is 12.8. The molecule has 12 heteroatoms. The number of alkyl carbamates (subject to hydrolysis) is 1. The summed E-state index contributed by atoms with van der Waals surface area (Å²) in [5.74, 6) is 0.297. The van der Waals surface area contributed by atoms with E-state index in [9.17, 15) is 19.5 Å². The Hall–Kier alpha value is -4.28. The standard InChI is InChI=1S/C30H27Cl2N5O5/c31-23-9-10-24(32)27-26(23)28(38)37(36-15-13-35(14-16-36)30(40)41)25(34-27)11-12-33-29(39)42-17-22-20-7-3-1-5-18(20)19-6-2-4-8-21(19)22/h1-10,22H,11-17H2,(H,33,39)(H,40,41). The summed E-state index contributed by atoms with van der Waals surface area (Å²) in [4.78, 5) is 43.8. The van der Waals surface area contributed by atoms with Crippen molar-refractivity contribution in [1.82, 2.24) is 19.9 Å². The van der Waals surface area contributed by atoms with Gasteiger partial charge >= 0.3 is 12.2 Å².